The number of nitrogens with zero attached hydrogens (tertiary/aromatic N) is 2. The van der Waals surface area contributed by atoms with Crippen LogP contribution in [-0.2, 0) is 6.18 Å². The molecule has 1 fully saturated rings. The molecule has 0 unspecified atom stereocenters. The summed E-state index contributed by atoms with van der Waals surface area (Å²) < 4.78 is 38.7. The molecule has 0 radical (unpaired) electrons. The van der Waals surface area contributed by atoms with E-state index in [9.17, 15) is 18.3 Å². The monoisotopic (exact) mass is 274 g/mol. The van der Waals surface area contributed by atoms with Crippen LogP contribution in [0.2, 0.25) is 0 Å². The molecule has 0 saturated carbocycles. The van der Waals surface area contributed by atoms with Crippen LogP contribution in [0.15, 0.2) is 18.3 Å². The summed E-state index contributed by atoms with van der Waals surface area (Å²) in [7, 11) is 0. The zero-order valence-corrected chi connectivity index (χ0v) is 10.7. The van der Waals surface area contributed by atoms with Crippen LogP contribution >= 0.6 is 0 Å². The number of pyridine rings is 1. The number of hydrogen-bond acceptors (Lipinski definition) is 3. The molecule has 1 aromatic heterocycles. The van der Waals surface area contributed by atoms with E-state index in [1.807, 2.05) is 6.92 Å². The van der Waals surface area contributed by atoms with Crippen LogP contribution in [0.1, 0.15) is 31.7 Å². The molecular weight excluding hydrogens is 257 g/mol. The largest absolute Gasteiger partial charge is 0.419 e. The van der Waals surface area contributed by atoms with Gasteiger partial charge in [0.15, 0.2) is 0 Å². The standard InChI is InChI=1S/C13H17F3N2O/c1-2-12(19)5-8-18(9-6-12)11-10(13(14,15)16)4-3-7-17-11/h3-4,7,19H,2,5-6,8-9H2,1H3. The third kappa shape index (κ3) is 3.00. The fraction of sp³-hybridized carbons (Fsp3) is 0.615. The summed E-state index contributed by atoms with van der Waals surface area (Å²) in [6.07, 6.45) is -1.47. The molecule has 3 nitrogen and oxygen atoms in total. The van der Waals surface area contributed by atoms with Crippen LogP contribution in [0.5, 0.6) is 0 Å². The van der Waals surface area contributed by atoms with Gasteiger partial charge in [-0.15, -0.1) is 0 Å². The van der Waals surface area contributed by atoms with Crippen molar-refractivity contribution in [2.75, 3.05) is 18.0 Å². The van der Waals surface area contributed by atoms with E-state index in [1.165, 1.54) is 12.3 Å². The fourth-order valence-corrected chi connectivity index (χ4v) is 2.36. The Kier molecular flexibility index (Phi) is 3.71. The highest BCUT2D eigenvalue weighted by Crippen LogP contribution is 2.37. The minimum Gasteiger partial charge on any atom is -0.390 e. The van der Waals surface area contributed by atoms with Gasteiger partial charge in [-0.3, -0.25) is 0 Å². The van der Waals surface area contributed by atoms with Crippen LogP contribution in [0.4, 0.5) is 19.0 Å². The van der Waals surface area contributed by atoms with Crippen molar-refractivity contribution >= 4 is 5.82 Å². The first-order chi connectivity index (χ1) is 8.86. The maximum absolute atomic E-state index is 12.9. The molecule has 0 bridgehead atoms. The molecule has 2 rings (SSSR count). The minimum absolute atomic E-state index is 0.0341. The van der Waals surface area contributed by atoms with Gasteiger partial charge in [-0.1, -0.05) is 6.92 Å². The summed E-state index contributed by atoms with van der Waals surface area (Å²) in [5.41, 5.74) is -1.46. The van der Waals surface area contributed by atoms with Gasteiger partial charge >= 0.3 is 6.18 Å². The van der Waals surface area contributed by atoms with Crippen LogP contribution in [-0.4, -0.2) is 28.8 Å². The highest BCUT2D eigenvalue weighted by atomic mass is 19.4. The molecule has 106 valence electrons. The number of halogens is 3. The number of aliphatic hydroxyl groups is 1. The normalized spacial score (nSPS) is 19.5. The second kappa shape index (κ2) is 5.00. The maximum atomic E-state index is 12.9. The molecule has 6 heteroatoms. The predicted molar refractivity (Wildman–Crippen MR) is 65.9 cm³/mol. The van der Waals surface area contributed by atoms with Gasteiger partial charge in [0.2, 0.25) is 0 Å². The van der Waals surface area contributed by atoms with E-state index in [0.717, 1.165) is 6.07 Å². The number of hydrogen-bond donors (Lipinski definition) is 1. The third-order valence-electron chi connectivity index (χ3n) is 3.74. The molecule has 1 N–H and O–H groups in total. The first-order valence-corrected chi connectivity index (χ1v) is 6.35. The van der Waals surface area contributed by atoms with Gasteiger partial charge in [-0.05, 0) is 31.4 Å². The summed E-state index contributed by atoms with van der Waals surface area (Å²) in [5, 5.41) is 10.1. The lowest BCUT2D eigenvalue weighted by Crippen LogP contribution is -2.44. The Morgan fingerprint density at radius 1 is 1.37 bits per heavy atom. The third-order valence-corrected chi connectivity index (χ3v) is 3.74. The Morgan fingerprint density at radius 3 is 2.53 bits per heavy atom. The number of anilines is 1. The lowest BCUT2D eigenvalue weighted by molar-refractivity contribution is -0.137. The number of piperidine rings is 1. The molecule has 0 aliphatic carbocycles. The molecule has 1 aromatic rings. The van der Waals surface area contributed by atoms with Gasteiger partial charge in [0.1, 0.15) is 5.82 Å². The zero-order chi connectivity index (χ0) is 14.1. The Balaban J connectivity index is 2.21. The lowest BCUT2D eigenvalue weighted by atomic mass is 9.89. The quantitative estimate of drug-likeness (QED) is 0.901. The zero-order valence-electron chi connectivity index (χ0n) is 10.7. The van der Waals surface area contributed by atoms with Gasteiger partial charge in [0, 0.05) is 19.3 Å². The summed E-state index contributed by atoms with van der Waals surface area (Å²) in [6, 6.07) is 2.33. The number of rotatable bonds is 2. The van der Waals surface area contributed by atoms with Crippen molar-refractivity contribution in [3.8, 4) is 0 Å². The van der Waals surface area contributed by atoms with Crippen molar-refractivity contribution in [3.63, 3.8) is 0 Å². The molecule has 19 heavy (non-hydrogen) atoms. The lowest BCUT2D eigenvalue weighted by Gasteiger charge is -2.38. The van der Waals surface area contributed by atoms with Crippen molar-refractivity contribution in [2.45, 2.75) is 38.0 Å². The summed E-state index contributed by atoms with van der Waals surface area (Å²) >= 11 is 0. The van der Waals surface area contributed by atoms with Crippen LogP contribution in [0.25, 0.3) is 0 Å². The summed E-state index contributed by atoms with van der Waals surface area (Å²) in [4.78, 5) is 5.47. The molecule has 1 saturated heterocycles. The highest BCUT2D eigenvalue weighted by Gasteiger charge is 2.38. The molecule has 0 atom stereocenters. The molecule has 0 amide bonds. The highest BCUT2D eigenvalue weighted by molar-refractivity contribution is 5.48. The molecule has 1 aliphatic heterocycles. The molecule has 0 spiro atoms. The Labute approximate surface area is 110 Å². The topological polar surface area (TPSA) is 36.4 Å². The van der Waals surface area contributed by atoms with Gasteiger partial charge < -0.3 is 10.0 Å². The van der Waals surface area contributed by atoms with Crippen molar-refractivity contribution in [2.24, 2.45) is 0 Å². The Bertz CT molecular complexity index is 440. The van der Waals surface area contributed by atoms with Crippen molar-refractivity contribution in [1.29, 1.82) is 0 Å². The Hall–Kier alpha value is -1.30. The van der Waals surface area contributed by atoms with Crippen LogP contribution in [0.3, 0.4) is 0 Å². The van der Waals surface area contributed by atoms with Gasteiger partial charge in [0.05, 0.1) is 11.2 Å². The van der Waals surface area contributed by atoms with E-state index in [2.05, 4.69) is 4.98 Å². The van der Waals surface area contributed by atoms with E-state index < -0.39 is 17.3 Å². The van der Waals surface area contributed by atoms with Crippen LogP contribution in [0, 0.1) is 0 Å². The Morgan fingerprint density at radius 2 is 2.00 bits per heavy atom. The predicted octanol–water partition coefficient (Wildman–Crippen LogP) is 2.84. The number of aromatic nitrogens is 1. The van der Waals surface area contributed by atoms with E-state index in [-0.39, 0.29) is 5.82 Å². The maximum Gasteiger partial charge on any atom is 0.419 e. The van der Waals surface area contributed by atoms with Crippen molar-refractivity contribution < 1.29 is 18.3 Å². The number of alkyl halides is 3. The minimum atomic E-state index is -4.40. The SMILES string of the molecule is CCC1(O)CCN(c2ncccc2C(F)(F)F)CC1. The molecule has 0 aromatic carbocycles. The second-order valence-electron chi connectivity index (χ2n) is 4.94. The van der Waals surface area contributed by atoms with Crippen LogP contribution < -0.4 is 4.90 Å². The van der Waals surface area contributed by atoms with Crippen molar-refractivity contribution in [3.05, 3.63) is 23.9 Å². The van der Waals surface area contributed by atoms with E-state index >= 15 is 0 Å². The molecule has 2 heterocycles. The smallest absolute Gasteiger partial charge is 0.390 e. The summed E-state index contributed by atoms with van der Waals surface area (Å²) in [6.45, 7) is 2.67. The molecule has 1 aliphatic rings. The van der Waals surface area contributed by atoms with Gasteiger partial charge in [0.25, 0.3) is 0 Å². The average Bonchev–Trinajstić information content (AvgIpc) is 2.39. The van der Waals surface area contributed by atoms with Gasteiger partial charge in [-0.2, -0.15) is 13.2 Å². The molecular formula is C13H17F3N2O. The van der Waals surface area contributed by atoms with E-state index in [4.69, 9.17) is 0 Å². The van der Waals surface area contributed by atoms with Crippen molar-refractivity contribution in [1.82, 2.24) is 4.98 Å². The fourth-order valence-electron chi connectivity index (χ4n) is 2.36. The van der Waals surface area contributed by atoms with E-state index in [1.54, 1.807) is 4.90 Å². The summed E-state index contributed by atoms with van der Waals surface area (Å²) in [5.74, 6) is -0.0341. The first kappa shape index (κ1) is 14.1. The first-order valence-electron chi connectivity index (χ1n) is 6.35. The average molecular weight is 274 g/mol. The second-order valence-corrected chi connectivity index (χ2v) is 4.94. The van der Waals surface area contributed by atoms with E-state index in [0.29, 0.717) is 32.4 Å². The van der Waals surface area contributed by atoms with Gasteiger partial charge in [-0.25, -0.2) is 4.98 Å².